The molecule has 0 spiro atoms. The number of hydrogen-bond donors (Lipinski definition) is 2. The van der Waals surface area contributed by atoms with E-state index in [0.29, 0.717) is 17.8 Å². The molecule has 1 aromatic carbocycles. The molecule has 1 fully saturated rings. The monoisotopic (exact) mass is 506 g/mol. The summed E-state index contributed by atoms with van der Waals surface area (Å²) in [6.45, 7) is 3.61. The van der Waals surface area contributed by atoms with E-state index in [2.05, 4.69) is 25.1 Å². The number of likely N-dealkylation sites (tertiary alicyclic amines) is 1. The molecule has 0 radical (unpaired) electrons. The van der Waals surface area contributed by atoms with Crippen LogP contribution in [0.3, 0.4) is 0 Å². The van der Waals surface area contributed by atoms with Crippen molar-refractivity contribution < 1.29 is 37.3 Å². The number of hydrogen-bond acceptors (Lipinski definition) is 9. The lowest BCUT2D eigenvalue weighted by atomic mass is 9.82. The van der Waals surface area contributed by atoms with E-state index < -0.39 is 36.6 Å². The summed E-state index contributed by atoms with van der Waals surface area (Å²) in [5, 5.41) is 6.08. The Morgan fingerprint density at radius 3 is 2.69 bits per heavy atom. The first-order valence-electron chi connectivity index (χ1n) is 11.5. The zero-order valence-corrected chi connectivity index (χ0v) is 20.3. The number of aromatic nitrogens is 1. The van der Waals surface area contributed by atoms with Crippen LogP contribution in [0.5, 0.6) is 11.5 Å². The molecular formula is C24H28F2N4O6. The number of halogens is 2. The number of alkyl halides is 2. The Hall–Kier alpha value is -3.51. The van der Waals surface area contributed by atoms with E-state index in [1.807, 2.05) is 6.07 Å². The van der Waals surface area contributed by atoms with Gasteiger partial charge in [-0.05, 0) is 55.7 Å². The lowest BCUT2D eigenvalue weighted by Gasteiger charge is -2.49. The summed E-state index contributed by atoms with van der Waals surface area (Å²) in [5.74, 6) is -0.975. The Bertz CT molecular complexity index is 1130. The largest absolute Gasteiger partial charge is 0.586 e. The first-order chi connectivity index (χ1) is 17.2. The lowest BCUT2D eigenvalue weighted by Crippen LogP contribution is -2.71. The van der Waals surface area contributed by atoms with Crippen LogP contribution in [0.1, 0.15) is 31.0 Å². The predicted molar refractivity (Wildman–Crippen MR) is 123 cm³/mol. The van der Waals surface area contributed by atoms with Crippen LogP contribution in [0.2, 0.25) is 0 Å². The van der Waals surface area contributed by atoms with Crippen molar-refractivity contribution in [2.45, 2.75) is 45.0 Å². The second-order valence-electron chi connectivity index (χ2n) is 8.40. The van der Waals surface area contributed by atoms with Gasteiger partial charge in [0.2, 0.25) is 5.91 Å². The number of esters is 1. The van der Waals surface area contributed by atoms with Gasteiger partial charge in [0.1, 0.15) is 11.9 Å². The van der Waals surface area contributed by atoms with E-state index >= 15 is 0 Å². The van der Waals surface area contributed by atoms with Gasteiger partial charge in [-0.25, -0.2) is 9.78 Å². The minimum atomic E-state index is -3.72. The minimum Gasteiger partial charge on any atom is -0.464 e. The maximum absolute atomic E-state index is 13.4. The molecule has 2 N–H and O–H groups in total. The maximum atomic E-state index is 13.4. The highest BCUT2D eigenvalue weighted by Crippen LogP contribution is 2.42. The Labute approximate surface area is 206 Å². The topological polar surface area (TPSA) is 111 Å². The van der Waals surface area contributed by atoms with Gasteiger partial charge in [-0.1, -0.05) is 6.07 Å². The van der Waals surface area contributed by atoms with Gasteiger partial charge in [-0.15, -0.1) is 8.78 Å². The summed E-state index contributed by atoms with van der Waals surface area (Å²) in [6, 6.07) is 6.67. The fourth-order valence-corrected chi connectivity index (χ4v) is 4.34. The van der Waals surface area contributed by atoms with Gasteiger partial charge in [0, 0.05) is 26.4 Å². The second kappa shape index (κ2) is 10.2. The summed E-state index contributed by atoms with van der Waals surface area (Å²) in [6.07, 6.45) is -2.75. The molecule has 0 saturated carbocycles. The SMILES string of the molecule is CCOC(=O)C1[C@@H](Cc2ccnc(NC)c2)C(=O)N1C(NC(C)c1ccc2c(c1)OC(F)(F)O2)OC. The van der Waals surface area contributed by atoms with E-state index in [1.165, 1.54) is 24.1 Å². The average molecular weight is 507 g/mol. The van der Waals surface area contributed by atoms with Gasteiger partial charge in [0.25, 0.3) is 0 Å². The molecule has 0 bridgehead atoms. The smallest absolute Gasteiger partial charge is 0.464 e. The predicted octanol–water partition coefficient (Wildman–Crippen LogP) is 2.66. The van der Waals surface area contributed by atoms with Gasteiger partial charge in [0.15, 0.2) is 17.9 Å². The molecule has 4 rings (SSSR count). The van der Waals surface area contributed by atoms with Crippen molar-refractivity contribution in [3.63, 3.8) is 0 Å². The molecule has 2 aliphatic rings. The van der Waals surface area contributed by atoms with Gasteiger partial charge >= 0.3 is 12.3 Å². The number of amides is 1. The van der Waals surface area contributed by atoms with Crippen LogP contribution in [-0.4, -0.2) is 61.2 Å². The van der Waals surface area contributed by atoms with Crippen molar-refractivity contribution in [1.82, 2.24) is 15.2 Å². The highest BCUT2D eigenvalue weighted by molar-refractivity contribution is 5.97. The first kappa shape index (κ1) is 25.6. The maximum Gasteiger partial charge on any atom is 0.586 e. The summed E-state index contributed by atoms with van der Waals surface area (Å²) in [4.78, 5) is 31.6. The van der Waals surface area contributed by atoms with E-state index in [0.717, 1.165) is 5.56 Å². The van der Waals surface area contributed by atoms with Crippen molar-refractivity contribution >= 4 is 17.7 Å². The molecule has 3 heterocycles. The Morgan fingerprint density at radius 1 is 1.25 bits per heavy atom. The third-order valence-electron chi connectivity index (χ3n) is 6.11. The number of carbonyl (C=O) groups excluding carboxylic acids is 2. The standard InChI is InChI=1S/C24H28F2N4O6/c1-5-34-22(32)20-16(10-14-8-9-28-19(11-14)27-3)21(31)30(20)23(33-4)29-13(2)15-6-7-17-18(12-15)36-24(25,26)35-17/h6-9,11-13,16,20,23,29H,5,10H2,1-4H3,(H,27,28)/t13?,16-,20?,23?/m1/s1. The highest BCUT2D eigenvalue weighted by Gasteiger charge is 2.55. The van der Waals surface area contributed by atoms with Crippen LogP contribution in [0.15, 0.2) is 36.5 Å². The minimum absolute atomic E-state index is 0.0695. The van der Waals surface area contributed by atoms with E-state index in [1.54, 1.807) is 39.2 Å². The zero-order chi connectivity index (χ0) is 26.0. The molecule has 10 nitrogen and oxygen atoms in total. The molecule has 1 aromatic heterocycles. The molecule has 1 amide bonds. The highest BCUT2D eigenvalue weighted by atomic mass is 19.3. The van der Waals surface area contributed by atoms with Gasteiger partial charge in [-0.2, -0.15) is 0 Å². The molecule has 194 valence electrons. The van der Waals surface area contributed by atoms with Gasteiger partial charge < -0.3 is 24.3 Å². The van der Waals surface area contributed by atoms with Crippen LogP contribution in [0, 0.1) is 5.92 Å². The van der Waals surface area contributed by atoms with Crippen LogP contribution in [-0.2, 0) is 25.5 Å². The second-order valence-corrected chi connectivity index (χ2v) is 8.40. The van der Waals surface area contributed by atoms with Crippen molar-refractivity contribution in [1.29, 1.82) is 0 Å². The number of nitrogens with one attached hydrogen (secondary N) is 2. The third-order valence-corrected chi connectivity index (χ3v) is 6.11. The average Bonchev–Trinajstić information content (AvgIpc) is 3.17. The lowest BCUT2D eigenvalue weighted by molar-refractivity contribution is -0.286. The number of benzene rings is 1. The Kier molecular flexibility index (Phi) is 7.27. The summed E-state index contributed by atoms with van der Waals surface area (Å²) < 4.78 is 46.5. The van der Waals surface area contributed by atoms with E-state index in [-0.39, 0.29) is 24.0 Å². The number of ether oxygens (including phenoxy) is 4. The number of pyridine rings is 1. The number of carbonyl (C=O) groups is 2. The normalized spacial score (nSPS) is 21.5. The molecule has 0 aliphatic carbocycles. The van der Waals surface area contributed by atoms with E-state index in [9.17, 15) is 18.4 Å². The summed E-state index contributed by atoms with van der Waals surface area (Å²) >= 11 is 0. The van der Waals surface area contributed by atoms with Crippen molar-refractivity contribution in [2.24, 2.45) is 5.92 Å². The van der Waals surface area contributed by atoms with Crippen LogP contribution in [0.25, 0.3) is 0 Å². The number of rotatable bonds is 10. The fourth-order valence-electron chi connectivity index (χ4n) is 4.34. The van der Waals surface area contributed by atoms with Crippen molar-refractivity contribution in [2.75, 3.05) is 26.1 Å². The third kappa shape index (κ3) is 5.05. The first-order valence-corrected chi connectivity index (χ1v) is 11.5. The van der Waals surface area contributed by atoms with Crippen LogP contribution in [0.4, 0.5) is 14.6 Å². The number of fused-ring (bicyclic) bond motifs is 1. The molecule has 1 saturated heterocycles. The Morgan fingerprint density at radius 2 is 2.00 bits per heavy atom. The quantitative estimate of drug-likeness (QED) is 0.285. The number of β-lactam (4-membered cyclic amide) rings is 1. The van der Waals surface area contributed by atoms with Crippen LogP contribution < -0.4 is 20.1 Å². The molecular weight excluding hydrogens is 478 g/mol. The molecule has 3 unspecified atom stereocenters. The molecule has 12 heteroatoms. The van der Waals surface area contributed by atoms with Gasteiger partial charge in [-0.3, -0.25) is 15.0 Å². The molecule has 2 aromatic rings. The molecule has 36 heavy (non-hydrogen) atoms. The van der Waals surface area contributed by atoms with Crippen molar-refractivity contribution in [3.8, 4) is 11.5 Å². The summed E-state index contributed by atoms with van der Waals surface area (Å²) in [5.41, 5.74) is 1.43. The Balaban J connectivity index is 1.51. The van der Waals surface area contributed by atoms with E-state index in [4.69, 9.17) is 9.47 Å². The van der Waals surface area contributed by atoms with Crippen LogP contribution >= 0.6 is 0 Å². The summed E-state index contributed by atoms with van der Waals surface area (Å²) in [7, 11) is 3.14. The number of anilines is 1. The number of methoxy groups -OCH3 is 1. The fraction of sp³-hybridized carbons (Fsp3) is 0.458. The van der Waals surface area contributed by atoms with Gasteiger partial charge in [0.05, 0.1) is 12.5 Å². The molecule has 2 aliphatic heterocycles. The zero-order valence-electron chi connectivity index (χ0n) is 20.3. The van der Waals surface area contributed by atoms with Crippen molar-refractivity contribution in [3.05, 3.63) is 47.7 Å². The molecule has 4 atom stereocenters. The number of nitrogens with zero attached hydrogens (tertiary/aromatic N) is 2.